The lowest BCUT2D eigenvalue weighted by Gasteiger charge is -2.04. The number of amides is 1. The monoisotopic (exact) mass is 337 g/mol. The molecular formula is C16H19NO5S. The minimum atomic E-state index is -0.473. The van der Waals surface area contributed by atoms with Crippen LogP contribution in [0.15, 0.2) is 16.5 Å². The lowest BCUT2D eigenvalue weighted by molar-refractivity contribution is 0.0601. The highest BCUT2D eigenvalue weighted by molar-refractivity contribution is 7.16. The van der Waals surface area contributed by atoms with Crippen LogP contribution in [-0.2, 0) is 16.1 Å². The molecule has 0 aliphatic rings. The van der Waals surface area contributed by atoms with Crippen molar-refractivity contribution < 1.29 is 23.5 Å². The van der Waals surface area contributed by atoms with E-state index in [0.29, 0.717) is 29.5 Å². The van der Waals surface area contributed by atoms with Gasteiger partial charge in [-0.05, 0) is 38.5 Å². The molecule has 1 N–H and O–H groups in total. The van der Waals surface area contributed by atoms with Gasteiger partial charge in [0.2, 0.25) is 0 Å². The Morgan fingerprint density at radius 1 is 1.30 bits per heavy atom. The molecule has 0 spiro atoms. The Bertz CT molecular complexity index is 716. The van der Waals surface area contributed by atoms with Gasteiger partial charge in [0.25, 0.3) is 5.91 Å². The first-order chi connectivity index (χ1) is 11.0. The normalized spacial score (nSPS) is 10.6. The average molecular weight is 337 g/mol. The molecule has 0 radical (unpaired) electrons. The van der Waals surface area contributed by atoms with Crippen molar-refractivity contribution in [3.63, 3.8) is 0 Å². The van der Waals surface area contributed by atoms with Gasteiger partial charge >= 0.3 is 5.97 Å². The number of hydrogen-bond acceptors (Lipinski definition) is 6. The summed E-state index contributed by atoms with van der Waals surface area (Å²) in [6.45, 7) is 6.47. The second-order valence-electron chi connectivity index (χ2n) is 4.84. The molecule has 0 aromatic carbocycles. The van der Waals surface area contributed by atoms with Crippen LogP contribution in [0.4, 0.5) is 5.00 Å². The molecule has 0 unspecified atom stereocenters. The molecule has 0 bridgehead atoms. The number of carbonyl (C=O) groups is 2. The maximum absolute atomic E-state index is 12.3. The first kappa shape index (κ1) is 17.2. The van der Waals surface area contributed by atoms with Gasteiger partial charge in [0.15, 0.2) is 5.76 Å². The summed E-state index contributed by atoms with van der Waals surface area (Å²) in [4.78, 5) is 25.1. The van der Waals surface area contributed by atoms with Gasteiger partial charge < -0.3 is 19.2 Å². The van der Waals surface area contributed by atoms with Crippen molar-refractivity contribution in [3.05, 3.63) is 39.7 Å². The number of esters is 1. The van der Waals surface area contributed by atoms with Crippen LogP contribution in [0.5, 0.6) is 0 Å². The third-order valence-electron chi connectivity index (χ3n) is 3.34. The zero-order chi connectivity index (χ0) is 17.0. The Labute approximate surface area is 138 Å². The van der Waals surface area contributed by atoms with E-state index in [1.807, 2.05) is 20.8 Å². The highest BCUT2D eigenvalue weighted by Crippen LogP contribution is 2.33. The van der Waals surface area contributed by atoms with Crippen molar-refractivity contribution >= 4 is 28.2 Å². The molecule has 0 aliphatic carbocycles. The molecule has 2 heterocycles. The van der Waals surface area contributed by atoms with Gasteiger partial charge in [-0.25, -0.2) is 4.79 Å². The fourth-order valence-electron chi connectivity index (χ4n) is 2.01. The Kier molecular flexibility index (Phi) is 5.57. The number of nitrogens with one attached hydrogen (secondary N) is 1. The quantitative estimate of drug-likeness (QED) is 0.816. The van der Waals surface area contributed by atoms with E-state index < -0.39 is 11.9 Å². The summed E-state index contributed by atoms with van der Waals surface area (Å²) in [5.74, 6) is -0.152. The second kappa shape index (κ2) is 7.43. The van der Waals surface area contributed by atoms with Crippen molar-refractivity contribution in [3.8, 4) is 0 Å². The molecule has 124 valence electrons. The first-order valence-electron chi connectivity index (χ1n) is 7.14. The summed E-state index contributed by atoms with van der Waals surface area (Å²) in [6, 6.07) is 3.27. The summed E-state index contributed by atoms with van der Waals surface area (Å²) in [7, 11) is 1.31. The van der Waals surface area contributed by atoms with Crippen LogP contribution in [0.2, 0.25) is 0 Å². The fourth-order valence-corrected chi connectivity index (χ4v) is 3.05. The number of hydrogen-bond donors (Lipinski definition) is 1. The van der Waals surface area contributed by atoms with Crippen LogP contribution >= 0.6 is 11.3 Å². The maximum atomic E-state index is 12.3. The molecular weight excluding hydrogens is 318 g/mol. The zero-order valence-electron chi connectivity index (χ0n) is 13.5. The van der Waals surface area contributed by atoms with E-state index in [1.54, 1.807) is 12.1 Å². The van der Waals surface area contributed by atoms with Gasteiger partial charge in [-0.1, -0.05) is 0 Å². The SMILES string of the molecule is CCOCc1ccc(C(=O)Nc2sc(C)c(C)c2C(=O)OC)o1. The van der Waals surface area contributed by atoms with Gasteiger partial charge in [0, 0.05) is 11.5 Å². The number of furan rings is 1. The van der Waals surface area contributed by atoms with Crippen LogP contribution in [0.25, 0.3) is 0 Å². The summed E-state index contributed by atoms with van der Waals surface area (Å²) >= 11 is 1.33. The fraction of sp³-hybridized carbons (Fsp3) is 0.375. The van der Waals surface area contributed by atoms with Crippen molar-refractivity contribution in [1.82, 2.24) is 0 Å². The van der Waals surface area contributed by atoms with Gasteiger partial charge in [-0.15, -0.1) is 11.3 Å². The van der Waals surface area contributed by atoms with Crippen LogP contribution in [0.3, 0.4) is 0 Å². The predicted octanol–water partition coefficient (Wildman–Crippen LogP) is 3.53. The van der Waals surface area contributed by atoms with Crippen LogP contribution in [-0.4, -0.2) is 25.6 Å². The summed E-state index contributed by atoms with van der Waals surface area (Å²) in [5.41, 5.74) is 1.18. The number of methoxy groups -OCH3 is 1. The molecule has 0 saturated heterocycles. The maximum Gasteiger partial charge on any atom is 0.341 e. The summed E-state index contributed by atoms with van der Waals surface area (Å²) in [6.07, 6.45) is 0. The van der Waals surface area contributed by atoms with E-state index in [1.165, 1.54) is 18.4 Å². The topological polar surface area (TPSA) is 77.8 Å². The molecule has 0 aliphatic heterocycles. The van der Waals surface area contributed by atoms with E-state index in [4.69, 9.17) is 13.9 Å². The van der Waals surface area contributed by atoms with Gasteiger partial charge in [-0.2, -0.15) is 0 Å². The summed E-state index contributed by atoms with van der Waals surface area (Å²) < 4.78 is 15.4. The molecule has 2 aromatic heterocycles. The molecule has 6 nitrogen and oxygen atoms in total. The number of aryl methyl sites for hydroxylation is 1. The third kappa shape index (κ3) is 3.80. The van der Waals surface area contributed by atoms with Crippen LogP contribution in [0, 0.1) is 13.8 Å². The van der Waals surface area contributed by atoms with Crippen molar-refractivity contribution in [2.45, 2.75) is 27.4 Å². The highest BCUT2D eigenvalue weighted by Gasteiger charge is 2.22. The number of ether oxygens (including phenoxy) is 2. The number of rotatable bonds is 6. The number of carbonyl (C=O) groups excluding carboxylic acids is 2. The minimum absolute atomic E-state index is 0.166. The predicted molar refractivity (Wildman–Crippen MR) is 87.1 cm³/mol. The zero-order valence-corrected chi connectivity index (χ0v) is 14.3. The molecule has 7 heteroatoms. The van der Waals surface area contributed by atoms with Crippen LogP contribution in [0.1, 0.15) is 44.0 Å². The highest BCUT2D eigenvalue weighted by atomic mass is 32.1. The molecule has 1 amide bonds. The average Bonchev–Trinajstić information content (AvgIpc) is 3.10. The van der Waals surface area contributed by atoms with E-state index >= 15 is 0 Å². The Hall–Kier alpha value is -2.12. The second-order valence-corrected chi connectivity index (χ2v) is 6.06. The third-order valence-corrected chi connectivity index (χ3v) is 4.46. The minimum Gasteiger partial charge on any atom is -0.465 e. The first-order valence-corrected chi connectivity index (χ1v) is 7.95. The van der Waals surface area contributed by atoms with Crippen molar-refractivity contribution in [2.75, 3.05) is 19.0 Å². The number of anilines is 1. The Balaban J connectivity index is 2.19. The van der Waals surface area contributed by atoms with Gasteiger partial charge in [0.05, 0.1) is 12.7 Å². The standard InChI is InChI=1S/C16H19NO5S/c1-5-21-8-11-6-7-12(22-11)14(18)17-15-13(16(19)20-4)9(2)10(3)23-15/h6-7H,5,8H2,1-4H3,(H,17,18). The molecule has 0 fully saturated rings. The lowest BCUT2D eigenvalue weighted by atomic mass is 10.1. The molecule has 23 heavy (non-hydrogen) atoms. The summed E-state index contributed by atoms with van der Waals surface area (Å²) in [5, 5.41) is 3.18. The van der Waals surface area contributed by atoms with E-state index in [-0.39, 0.29) is 5.76 Å². The Morgan fingerprint density at radius 2 is 2.04 bits per heavy atom. The smallest absolute Gasteiger partial charge is 0.341 e. The molecule has 2 rings (SSSR count). The van der Waals surface area contributed by atoms with Crippen molar-refractivity contribution in [2.24, 2.45) is 0 Å². The lowest BCUT2D eigenvalue weighted by Crippen LogP contribution is -2.13. The molecule has 0 atom stereocenters. The Morgan fingerprint density at radius 3 is 2.70 bits per heavy atom. The van der Waals surface area contributed by atoms with Crippen LogP contribution < -0.4 is 5.32 Å². The van der Waals surface area contributed by atoms with E-state index in [2.05, 4.69) is 5.32 Å². The number of thiophene rings is 1. The largest absolute Gasteiger partial charge is 0.465 e. The molecule has 2 aromatic rings. The molecule has 0 saturated carbocycles. The van der Waals surface area contributed by atoms with Gasteiger partial charge in [0.1, 0.15) is 17.4 Å². The van der Waals surface area contributed by atoms with Gasteiger partial charge in [-0.3, -0.25) is 4.79 Å². The van der Waals surface area contributed by atoms with Crippen molar-refractivity contribution in [1.29, 1.82) is 0 Å². The van der Waals surface area contributed by atoms with E-state index in [9.17, 15) is 9.59 Å². The van der Waals surface area contributed by atoms with E-state index in [0.717, 1.165) is 10.4 Å².